The highest BCUT2D eigenvalue weighted by Crippen LogP contribution is 2.29. The number of benzene rings is 2. The fourth-order valence-electron chi connectivity index (χ4n) is 3.03. The van der Waals surface area contributed by atoms with Crippen molar-refractivity contribution in [3.8, 4) is 11.5 Å². The summed E-state index contributed by atoms with van der Waals surface area (Å²) in [7, 11) is -0.285. The summed E-state index contributed by atoms with van der Waals surface area (Å²) in [4.78, 5) is 0. The SMILES string of the molecule is OCC(O)c1ccc(OBOc2ccc(C(O)CO)c(C(O)CO)c2)cc1C(O)CO. The van der Waals surface area contributed by atoms with Crippen molar-refractivity contribution in [3.05, 3.63) is 58.7 Å². The van der Waals surface area contributed by atoms with Crippen molar-refractivity contribution in [1.82, 2.24) is 0 Å². The first kappa shape index (κ1) is 25.0. The van der Waals surface area contributed by atoms with Gasteiger partial charge in [-0.1, -0.05) is 12.1 Å². The van der Waals surface area contributed by atoms with Crippen LogP contribution in [0.4, 0.5) is 0 Å². The Morgan fingerprint density at radius 3 is 1.19 bits per heavy atom. The van der Waals surface area contributed by atoms with Crippen LogP contribution in [0.5, 0.6) is 11.5 Å². The summed E-state index contributed by atoms with van der Waals surface area (Å²) in [6, 6.07) is 8.69. The average molecular weight is 438 g/mol. The van der Waals surface area contributed by atoms with E-state index in [0.29, 0.717) is 0 Å². The fraction of sp³-hybridized carbons (Fsp3) is 0.400. The van der Waals surface area contributed by atoms with Crippen molar-refractivity contribution in [2.75, 3.05) is 26.4 Å². The molecule has 2 aromatic carbocycles. The number of aliphatic hydroxyl groups excluding tert-OH is 8. The molecule has 0 saturated carbocycles. The van der Waals surface area contributed by atoms with Crippen LogP contribution in [0.1, 0.15) is 46.7 Å². The van der Waals surface area contributed by atoms with Gasteiger partial charge >= 0.3 is 7.69 Å². The van der Waals surface area contributed by atoms with Gasteiger partial charge in [-0.15, -0.1) is 0 Å². The molecule has 0 fully saturated rings. The largest absolute Gasteiger partial charge is 0.576 e. The summed E-state index contributed by atoms with van der Waals surface area (Å²) < 4.78 is 11.0. The molecule has 4 atom stereocenters. The zero-order valence-corrected chi connectivity index (χ0v) is 16.7. The Kier molecular flexibility index (Phi) is 9.68. The van der Waals surface area contributed by atoms with E-state index >= 15 is 0 Å². The van der Waals surface area contributed by atoms with Gasteiger partial charge in [0, 0.05) is 0 Å². The number of hydrogen-bond acceptors (Lipinski definition) is 10. The second-order valence-electron chi connectivity index (χ2n) is 6.78. The average Bonchev–Trinajstić information content (AvgIpc) is 2.81. The molecule has 0 bridgehead atoms. The molecule has 170 valence electrons. The summed E-state index contributed by atoms with van der Waals surface area (Å²) in [5.74, 6) is 0.527. The van der Waals surface area contributed by atoms with Gasteiger partial charge in [0.15, 0.2) is 0 Å². The number of aliphatic hydroxyl groups is 8. The molecule has 8 N–H and O–H groups in total. The molecule has 31 heavy (non-hydrogen) atoms. The van der Waals surface area contributed by atoms with Crippen LogP contribution in [0.2, 0.25) is 0 Å². The predicted molar refractivity (Wildman–Crippen MR) is 109 cm³/mol. The molecule has 0 aromatic heterocycles. The third-order valence-electron chi connectivity index (χ3n) is 4.70. The molecular formula is C20H27BO10. The zero-order valence-electron chi connectivity index (χ0n) is 16.7. The van der Waals surface area contributed by atoms with E-state index in [2.05, 4.69) is 0 Å². The summed E-state index contributed by atoms with van der Waals surface area (Å²) in [6.07, 6.45) is -5.03. The van der Waals surface area contributed by atoms with Crippen molar-refractivity contribution in [3.63, 3.8) is 0 Å². The van der Waals surface area contributed by atoms with E-state index in [1.54, 1.807) is 0 Å². The lowest BCUT2D eigenvalue weighted by atomic mass is 9.98. The minimum Gasteiger partial charge on any atom is -0.529 e. The normalized spacial score (nSPS) is 15.1. The molecule has 0 aliphatic heterocycles. The Morgan fingerprint density at radius 2 is 0.871 bits per heavy atom. The first-order chi connectivity index (χ1) is 14.9. The zero-order chi connectivity index (χ0) is 23.0. The molecule has 0 saturated heterocycles. The Morgan fingerprint density at radius 1 is 0.548 bits per heavy atom. The first-order valence-electron chi connectivity index (χ1n) is 9.55. The lowest BCUT2D eigenvalue weighted by Crippen LogP contribution is -2.15. The van der Waals surface area contributed by atoms with Crippen LogP contribution in [0.15, 0.2) is 36.4 Å². The van der Waals surface area contributed by atoms with Gasteiger partial charge < -0.3 is 50.2 Å². The molecule has 11 heteroatoms. The number of hydrogen-bond donors (Lipinski definition) is 8. The second kappa shape index (κ2) is 12.0. The van der Waals surface area contributed by atoms with Gasteiger partial charge in [0.1, 0.15) is 35.9 Å². The molecule has 0 radical (unpaired) electrons. The fourth-order valence-corrected chi connectivity index (χ4v) is 3.03. The van der Waals surface area contributed by atoms with Crippen LogP contribution in [-0.4, -0.2) is 75.0 Å². The van der Waals surface area contributed by atoms with E-state index in [1.165, 1.54) is 36.4 Å². The van der Waals surface area contributed by atoms with Gasteiger partial charge in [-0.2, -0.15) is 0 Å². The summed E-state index contributed by atoms with van der Waals surface area (Å²) >= 11 is 0. The van der Waals surface area contributed by atoms with Crippen LogP contribution >= 0.6 is 0 Å². The maximum Gasteiger partial charge on any atom is 0.576 e. The Labute approximate surface area is 179 Å². The predicted octanol–water partition coefficient (Wildman–Crippen LogP) is -1.49. The third-order valence-corrected chi connectivity index (χ3v) is 4.70. The molecule has 0 aliphatic rings. The quantitative estimate of drug-likeness (QED) is 0.182. The van der Waals surface area contributed by atoms with Crippen molar-refractivity contribution >= 4 is 7.69 Å². The maximum atomic E-state index is 9.97. The Bertz CT molecular complexity index is 766. The van der Waals surface area contributed by atoms with Crippen LogP contribution in [-0.2, 0) is 0 Å². The molecule has 2 aromatic rings. The van der Waals surface area contributed by atoms with Gasteiger partial charge in [0.05, 0.1) is 26.4 Å². The van der Waals surface area contributed by atoms with E-state index in [-0.39, 0.29) is 41.4 Å². The monoisotopic (exact) mass is 438 g/mol. The summed E-state index contributed by atoms with van der Waals surface area (Å²) in [5.41, 5.74) is 0.880. The Hall–Kier alpha value is -2.22. The summed E-state index contributed by atoms with van der Waals surface area (Å²) in [6.45, 7) is -2.30. The van der Waals surface area contributed by atoms with Crippen LogP contribution in [0, 0.1) is 0 Å². The molecule has 10 nitrogen and oxygen atoms in total. The van der Waals surface area contributed by atoms with Crippen LogP contribution in [0.25, 0.3) is 0 Å². The van der Waals surface area contributed by atoms with Crippen LogP contribution in [0.3, 0.4) is 0 Å². The van der Waals surface area contributed by atoms with Gasteiger partial charge in [-0.25, -0.2) is 0 Å². The van der Waals surface area contributed by atoms with Gasteiger partial charge in [0.25, 0.3) is 0 Å². The van der Waals surface area contributed by atoms with Gasteiger partial charge in [-0.3, -0.25) is 0 Å². The van der Waals surface area contributed by atoms with E-state index in [0.717, 1.165) is 0 Å². The standard InChI is InChI=1S/C20H27BO10/c22-7-17(26)13-3-1-11(5-15(13)19(28)9-24)30-21-31-12-2-4-14(18(27)8-23)16(6-12)20(29)10-25/h1-6,17-29H,7-10H2. The molecule has 4 unspecified atom stereocenters. The van der Waals surface area contributed by atoms with Gasteiger partial charge in [0.2, 0.25) is 0 Å². The van der Waals surface area contributed by atoms with Gasteiger partial charge in [-0.05, 0) is 46.5 Å². The highest BCUT2D eigenvalue weighted by molar-refractivity contribution is 6.20. The highest BCUT2D eigenvalue weighted by Gasteiger charge is 2.20. The van der Waals surface area contributed by atoms with Crippen LogP contribution < -0.4 is 9.31 Å². The van der Waals surface area contributed by atoms with E-state index < -0.39 is 50.8 Å². The van der Waals surface area contributed by atoms with Crippen molar-refractivity contribution in [2.45, 2.75) is 24.4 Å². The summed E-state index contributed by atoms with van der Waals surface area (Å²) in [5, 5.41) is 76.4. The number of rotatable bonds is 12. The Balaban J connectivity index is 2.14. The highest BCUT2D eigenvalue weighted by atomic mass is 16.6. The van der Waals surface area contributed by atoms with E-state index in [4.69, 9.17) is 19.5 Å². The smallest absolute Gasteiger partial charge is 0.529 e. The maximum absolute atomic E-state index is 9.97. The molecule has 2 rings (SSSR count). The topological polar surface area (TPSA) is 180 Å². The van der Waals surface area contributed by atoms with Crippen molar-refractivity contribution in [2.24, 2.45) is 0 Å². The molecule has 0 amide bonds. The first-order valence-corrected chi connectivity index (χ1v) is 9.55. The lowest BCUT2D eigenvalue weighted by Gasteiger charge is -2.19. The molecule has 0 heterocycles. The van der Waals surface area contributed by atoms with E-state index in [9.17, 15) is 30.6 Å². The second-order valence-corrected chi connectivity index (χ2v) is 6.78. The third kappa shape index (κ3) is 6.39. The minimum atomic E-state index is -1.28. The van der Waals surface area contributed by atoms with Crippen molar-refractivity contribution in [1.29, 1.82) is 0 Å². The molecule has 0 spiro atoms. The van der Waals surface area contributed by atoms with E-state index in [1.807, 2.05) is 0 Å². The minimum absolute atomic E-state index is 0.192. The van der Waals surface area contributed by atoms with Crippen molar-refractivity contribution < 1.29 is 50.2 Å². The molecular weight excluding hydrogens is 411 g/mol. The lowest BCUT2D eigenvalue weighted by molar-refractivity contribution is 0.0773. The molecule has 0 aliphatic carbocycles.